The number of fused-ring (bicyclic) bond motifs is 1. The van der Waals surface area contributed by atoms with Crippen LogP contribution in [0.4, 0.5) is 4.39 Å². The Kier molecular flexibility index (Phi) is 5.45. The molecule has 1 fully saturated rings. The number of nitrogens with zero attached hydrogens (tertiary/aromatic N) is 1. The second kappa shape index (κ2) is 8.16. The van der Waals surface area contributed by atoms with Crippen molar-refractivity contribution in [1.82, 2.24) is 15.8 Å². The Morgan fingerprint density at radius 1 is 1.14 bits per heavy atom. The van der Waals surface area contributed by atoms with Gasteiger partial charge in [0.25, 0.3) is 5.91 Å². The fraction of sp³-hybridized carbons (Fsp3) is 0.381. The first-order valence-corrected chi connectivity index (χ1v) is 9.52. The van der Waals surface area contributed by atoms with Crippen LogP contribution >= 0.6 is 0 Å². The van der Waals surface area contributed by atoms with Crippen LogP contribution < -0.4 is 20.3 Å². The highest BCUT2D eigenvalue weighted by Gasteiger charge is 2.25. The number of benzene rings is 2. The molecule has 2 aliphatic heterocycles. The van der Waals surface area contributed by atoms with E-state index in [-0.39, 0.29) is 24.6 Å². The summed E-state index contributed by atoms with van der Waals surface area (Å²) >= 11 is 0. The monoisotopic (exact) mass is 385 g/mol. The Balaban J connectivity index is 1.24. The van der Waals surface area contributed by atoms with Gasteiger partial charge in [-0.05, 0) is 55.2 Å². The number of rotatable bonds is 6. The number of hydrogen-bond acceptors (Lipinski definition) is 5. The molecule has 2 N–H and O–H groups in total. The average Bonchev–Trinajstić information content (AvgIpc) is 3.36. The van der Waals surface area contributed by atoms with Crippen LogP contribution in [-0.2, 0) is 0 Å². The summed E-state index contributed by atoms with van der Waals surface area (Å²) in [5, 5.41) is 0. The number of carbonyl (C=O) groups is 1. The predicted octanol–water partition coefficient (Wildman–Crippen LogP) is 3.01. The van der Waals surface area contributed by atoms with Crippen molar-refractivity contribution in [2.75, 3.05) is 20.4 Å². The zero-order valence-electron chi connectivity index (χ0n) is 15.8. The third kappa shape index (κ3) is 4.10. The van der Waals surface area contributed by atoms with Crippen molar-refractivity contribution in [3.05, 3.63) is 59.4 Å². The molecule has 0 radical (unpaired) electrons. The molecule has 1 amide bonds. The van der Waals surface area contributed by atoms with Crippen molar-refractivity contribution in [3.8, 4) is 11.5 Å². The van der Waals surface area contributed by atoms with Gasteiger partial charge in [-0.2, -0.15) is 0 Å². The molecular formula is C21H24FN3O3. The van der Waals surface area contributed by atoms with Gasteiger partial charge in [-0.25, -0.2) is 4.39 Å². The summed E-state index contributed by atoms with van der Waals surface area (Å²) in [6.45, 7) is 0.872. The molecule has 2 aliphatic rings. The van der Waals surface area contributed by atoms with Crippen LogP contribution in [0.2, 0.25) is 0 Å². The summed E-state index contributed by atoms with van der Waals surface area (Å²) in [5.74, 6) is 1.04. The van der Waals surface area contributed by atoms with Gasteiger partial charge in [0.2, 0.25) is 6.79 Å². The van der Waals surface area contributed by atoms with E-state index in [0.717, 1.165) is 24.8 Å². The Morgan fingerprint density at radius 3 is 2.75 bits per heavy atom. The number of halogens is 1. The largest absolute Gasteiger partial charge is 0.454 e. The smallest absolute Gasteiger partial charge is 0.253 e. The molecule has 7 heteroatoms. The number of amides is 1. The maximum atomic E-state index is 13.1. The van der Waals surface area contributed by atoms with Gasteiger partial charge in [-0.15, -0.1) is 0 Å². The highest BCUT2D eigenvalue weighted by atomic mass is 19.1. The second-order valence-electron chi connectivity index (χ2n) is 7.26. The third-order valence-electron chi connectivity index (χ3n) is 5.27. The van der Waals surface area contributed by atoms with Crippen molar-refractivity contribution in [3.63, 3.8) is 0 Å². The lowest BCUT2D eigenvalue weighted by atomic mass is 9.99. The SMILES string of the molecule is CN(CCCC1CC(c2ccc(F)cc2)NN1)C(=O)c1ccc2c(c1)OCO2. The molecule has 28 heavy (non-hydrogen) atoms. The highest BCUT2D eigenvalue weighted by molar-refractivity contribution is 5.94. The van der Waals surface area contributed by atoms with E-state index in [9.17, 15) is 9.18 Å². The van der Waals surface area contributed by atoms with E-state index in [2.05, 4.69) is 10.9 Å². The molecule has 2 aromatic rings. The molecule has 4 rings (SSSR count). The molecule has 6 nitrogen and oxygen atoms in total. The molecule has 148 valence electrons. The summed E-state index contributed by atoms with van der Waals surface area (Å²) < 4.78 is 23.7. The lowest BCUT2D eigenvalue weighted by Gasteiger charge is -2.18. The van der Waals surface area contributed by atoms with Crippen molar-refractivity contribution >= 4 is 5.91 Å². The maximum absolute atomic E-state index is 13.1. The number of hydrazine groups is 1. The van der Waals surface area contributed by atoms with E-state index in [1.54, 1.807) is 23.1 Å². The van der Waals surface area contributed by atoms with E-state index in [4.69, 9.17) is 9.47 Å². The number of hydrogen-bond donors (Lipinski definition) is 2. The molecule has 2 heterocycles. The maximum Gasteiger partial charge on any atom is 0.253 e. The minimum atomic E-state index is -0.221. The van der Waals surface area contributed by atoms with Gasteiger partial charge in [0, 0.05) is 31.2 Å². The molecule has 0 aliphatic carbocycles. The number of ether oxygens (including phenoxy) is 2. The molecule has 0 spiro atoms. The fourth-order valence-corrected chi connectivity index (χ4v) is 3.65. The first kappa shape index (κ1) is 18.7. The van der Waals surface area contributed by atoms with Crippen molar-refractivity contribution < 1.29 is 18.7 Å². The summed E-state index contributed by atoms with van der Waals surface area (Å²) in [6.07, 6.45) is 2.77. The van der Waals surface area contributed by atoms with Gasteiger partial charge >= 0.3 is 0 Å². The predicted molar refractivity (Wildman–Crippen MR) is 103 cm³/mol. The Morgan fingerprint density at radius 2 is 1.93 bits per heavy atom. The van der Waals surface area contributed by atoms with Crippen molar-refractivity contribution in [2.24, 2.45) is 0 Å². The summed E-state index contributed by atoms with van der Waals surface area (Å²) in [4.78, 5) is 14.3. The highest BCUT2D eigenvalue weighted by Crippen LogP contribution is 2.32. The third-order valence-corrected chi connectivity index (χ3v) is 5.27. The summed E-state index contributed by atoms with van der Waals surface area (Å²) in [5.41, 5.74) is 8.26. The molecule has 0 saturated carbocycles. The van der Waals surface area contributed by atoms with E-state index < -0.39 is 0 Å². The van der Waals surface area contributed by atoms with Gasteiger partial charge in [-0.3, -0.25) is 15.6 Å². The normalized spacial score (nSPS) is 20.4. The minimum Gasteiger partial charge on any atom is -0.454 e. The van der Waals surface area contributed by atoms with E-state index in [1.165, 1.54) is 12.1 Å². The van der Waals surface area contributed by atoms with Gasteiger partial charge in [0.1, 0.15) is 5.82 Å². The van der Waals surface area contributed by atoms with Gasteiger partial charge < -0.3 is 14.4 Å². The molecular weight excluding hydrogens is 361 g/mol. The molecule has 0 aromatic heterocycles. The number of carbonyl (C=O) groups excluding carboxylic acids is 1. The lowest BCUT2D eigenvalue weighted by Crippen LogP contribution is -2.32. The average molecular weight is 385 g/mol. The van der Waals surface area contributed by atoms with Gasteiger partial charge in [-0.1, -0.05) is 12.1 Å². The second-order valence-corrected chi connectivity index (χ2v) is 7.26. The zero-order chi connectivity index (χ0) is 19.5. The molecule has 2 unspecified atom stereocenters. The Labute approximate surface area is 163 Å². The molecule has 1 saturated heterocycles. The first-order valence-electron chi connectivity index (χ1n) is 9.52. The van der Waals surface area contributed by atoms with Crippen molar-refractivity contribution in [1.29, 1.82) is 0 Å². The Hall–Kier alpha value is -2.64. The van der Waals surface area contributed by atoms with Crippen LogP contribution in [0.3, 0.4) is 0 Å². The van der Waals surface area contributed by atoms with Crippen LogP contribution in [0.15, 0.2) is 42.5 Å². The van der Waals surface area contributed by atoms with Crippen LogP contribution in [0.1, 0.15) is 41.2 Å². The van der Waals surface area contributed by atoms with Crippen molar-refractivity contribution in [2.45, 2.75) is 31.3 Å². The van der Waals surface area contributed by atoms with Gasteiger partial charge in [0.05, 0.1) is 0 Å². The Bertz CT molecular complexity index is 843. The topological polar surface area (TPSA) is 62.8 Å². The minimum absolute atomic E-state index is 0.0278. The van der Waals surface area contributed by atoms with Crippen LogP contribution in [0.5, 0.6) is 11.5 Å². The molecule has 2 aromatic carbocycles. The standard InChI is InChI=1S/C21H24FN3O3/c1-25(21(26)15-6-9-19-20(11-15)28-13-27-19)10-2-3-17-12-18(24-23-17)14-4-7-16(22)8-5-14/h4-9,11,17-18,23-24H,2-3,10,12-13H2,1H3. The van der Waals surface area contributed by atoms with E-state index >= 15 is 0 Å². The first-order chi connectivity index (χ1) is 13.6. The van der Waals surface area contributed by atoms with Crippen LogP contribution in [-0.4, -0.2) is 37.2 Å². The molecule has 2 atom stereocenters. The zero-order valence-corrected chi connectivity index (χ0v) is 15.8. The lowest BCUT2D eigenvalue weighted by molar-refractivity contribution is 0.0791. The van der Waals surface area contributed by atoms with Crippen LogP contribution in [0, 0.1) is 5.82 Å². The quantitative estimate of drug-likeness (QED) is 0.800. The van der Waals surface area contributed by atoms with Gasteiger partial charge in [0.15, 0.2) is 11.5 Å². The fourth-order valence-electron chi connectivity index (χ4n) is 3.65. The summed E-state index contributed by atoms with van der Waals surface area (Å²) in [6, 6.07) is 12.4. The molecule has 0 bridgehead atoms. The van der Waals surface area contributed by atoms with Crippen LogP contribution in [0.25, 0.3) is 0 Å². The summed E-state index contributed by atoms with van der Waals surface area (Å²) in [7, 11) is 1.81. The number of nitrogens with one attached hydrogen (secondary N) is 2. The van der Waals surface area contributed by atoms with E-state index in [0.29, 0.717) is 29.6 Å². The van der Waals surface area contributed by atoms with E-state index in [1.807, 2.05) is 19.2 Å².